The monoisotopic (exact) mass is 425 g/mol. The molecule has 0 bridgehead atoms. The molecule has 0 N–H and O–H groups in total. The Labute approximate surface area is 185 Å². The van der Waals surface area contributed by atoms with Gasteiger partial charge in [-0.3, -0.25) is 4.79 Å². The van der Waals surface area contributed by atoms with Crippen molar-refractivity contribution in [3.63, 3.8) is 0 Å². The van der Waals surface area contributed by atoms with Gasteiger partial charge in [-0.05, 0) is 31.5 Å². The molecule has 2 saturated heterocycles. The molecule has 2 fully saturated rings. The van der Waals surface area contributed by atoms with Gasteiger partial charge < -0.3 is 9.80 Å². The van der Waals surface area contributed by atoms with E-state index in [0.29, 0.717) is 23.7 Å². The van der Waals surface area contributed by atoms with Crippen LogP contribution in [0.3, 0.4) is 0 Å². The quantitative estimate of drug-likeness (QED) is 0.502. The molecule has 0 unspecified atom stereocenters. The maximum Gasteiger partial charge on any atom is 0.256 e. The van der Waals surface area contributed by atoms with E-state index in [1.54, 1.807) is 12.4 Å². The second-order valence-electron chi connectivity index (χ2n) is 8.59. The zero-order valence-electron chi connectivity index (χ0n) is 17.8. The van der Waals surface area contributed by atoms with Crippen LogP contribution in [0, 0.1) is 12.8 Å². The van der Waals surface area contributed by atoms with Crippen molar-refractivity contribution in [1.29, 1.82) is 0 Å². The molecule has 2 aliphatic rings. The van der Waals surface area contributed by atoms with E-state index < -0.39 is 0 Å². The number of likely N-dealkylation sites (tertiary alicyclic amines) is 1. The van der Waals surface area contributed by atoms with Gasteiger partial charge >= 0.3 is 0 Å². The van der Waals surface area contributed by atoms with Gasteiger partial charge in [-0.2, -0.15) is 15.0 Å². The van der Waals surface area contributed by atoms with Crippen LogP contribution >= 0.6 is 0 Å². The summed E-state index contributed by atoms with van der Waals surface area (Å²) in [4.78, 5) is 28.6. The molecule has 2 aromatic carbocycles. The van der Waals surface area contributed by atoms with Crippen LogP contribution in [0.2, 0.25) is 0 Å². The summed E-state index contributed by atoms with van der Waals surface area (Å²) in [7, 11) is 0. The molecule has 8 heteroatoms. The van der Waals surface area contributed by atoms with Crippen molar-refractivity contribution >= 4 is 22.8 Å². The zero-order chi connectivity index (χ0) is 21.7. The normalized spacial score (nSPS) is 20.2. The van der Waals surface area contributed by atoms with Crippen LogP contribution in [0.5, 0.6) is 0 Å². The number of para-hydroxylation sites is 1. The highest BCUT2D eigenvalue weighted by molar-refractivity contribution is 5.98. The highest BCUT2D eigenvalue weighted by Crippen LogP contribution is 2.36. The maximum atomic E-state index is 13.6. The Morgan fingerprint density at radius 3 is 2.78 bits per heavy atom. The van der Waals surface area contributed by atoms with Gasteiger partial charge in [0.25, 0.3) is 5.91 Å². The van der Waals surface area contributed by atoms with Crippen LogP contribution in [0.1, 0.15) is 22.3 Å². The van der Waals surface area contributed by atoms with E-state index in [0.717, 1.165) is 41.9 Å². The molecule has 2 atom stereocenters. The summed E-state index contributed by atoms with van der Waals surface area (Å²) in [6.07, 6.45) is 6.11. The molecule has 0 aliphatic carbocycles. The van der Waals surface area contributed by atoms with Crippen LogP contribution in [0.15, 0.2) is 61.1 Å². The Kier molecular flexibility index (Phi) is 4.38. The minimum Gasteiger partial charge on any atom is -0.336 e. The lowest BCUT2D eigenvalue weighted by atomic mass is 9.82. The lowest BCUT2D eigenvalue weighted by Gasteiger charge is -2.53. The number of piperidine rings is 1. The maximum absolute atomic E-state index is 13.6. The number of aromatic nitrogens is 5. The van der Waals surface area contributed by atoms with Crippen molar-refractivity contribution in [2.24, 2.45) is 5.92 Å². The first kappa shape index (κ1) is 18.9. The number of carbonyl (C=O) groups is 1. The largest absolute Gasteiger partial charge is 0.336 e. The number of nitrogens with zero attached hydrogens (tertiary/aromatic N) is 7. The molecule has 0 spiro atoms. The highest BCUT2D eigenvalue weighted by atomic mass is 16.2. The average Bonchev–Trinajstić information content (AvgIpc) is 3.34. The van der Waals surface area contributed by atoms with Crippen molar-refractivity contribution in [1.82, 2.24) is 29.9 Å². The summed E-state index contributed by atoms with van der Waals surface area (Å²) in [6.45, 7) is 4.36. The predicted molar refractivity (Wildman–Crippen MR) is 121 cm³/mol. The van der Waals surface area contributed by atoms with Gasteiger partial charge in [-0.25, -0.2) is 9.97 Å². The fourth-order valence-corrected chi connectivity index (χ4v) is 4.82. The smallest absolute Gasteiger partial charge is 0.256 e. The molecule has 0 saturated carbocycles. The van der Waals surface area contributed by atoms with E-state index in [4.69, 9.17) is 4.98 Å². The minimum absolute atomic E-state index is 0.0192. The third kappa shape index (κ3) is 3.10. The van der Waals surface area contributed by atoms with E-state index in [1.165, 1.54) is 4.80 Å². The van der Waals surface area contributed by atoms with Gasteiger partial charge in [0.2, 0.25) is 5.95 Å². The Bertz CT molecular complexity index is 1300. The molecule has 8 nitrogen and oxygen atoms in total. The van der Waals surface area contributed by atoms with E-state index in [1.807, 2.05) is 60.5 Å². The van der Waals surface area contributed by atoms with E-state index in [-0.39, 0.29) is 11.9 Å². The number of hydrogen-bond donors (Lipinski definition) is 0. The number of carbonyl (C=O) groups excluding carboxylic acids is 1. The van der Waals surface area contributed by atoms with Gasteiger partial charge in [-0.1, -0.05) is 29.8 Å². The number of rotatable bonds is 3. The van der Waals surface area contributed by atoms with Crippen LogP contribution < -0.4 is 4.90 Å². The fourth-order valence-electron chi connectivity index (χ4n) is 4.82. The zero-order valence-corrected chi connectivity index (χ0v) is 17.8. The molecule has 0 radical (unpaired) electrons. The average molecular weight is 425 g/mol. The molecule has 4 heterocycles. The fraction of sp³-hybridized carbons (Fsp3) is 0.292. The van der Waals surface area contributed by atoms with Gasteiger partial charge in [0, 0.05) is 37.1 Å². The van der Waals surface area contributed by atoms with E-state index in [2.05, 4.69) is 20.1 Å². The summed E-state index contributed by atoms with van der Waals surface area (Å²) in [5.41, 5.74) is 3.32. The van der Waals surface area contributed by atoms with Crippen LogP contribution in [-0.4, -0.2) is 61.4 Å². The lowest BCUT2D eigenvalue weighted by Crippen LogP contribution is -2.65. The molecular formula is C24H23N7O. The number of amides is 1. The Morgan fingerprint density at radius 2 is 1.91 bits per heavy atom. The van der Waals surface area contributed by atoms with E-state index in [9.17, 15) is 4.79 Å². The Hall–Kier alpha value is -3.81. The second-order valence-corrected chi connectivity index (χ2v) is 8.59. The number of aryl methyl sites for hydroxylation is 1. The van der Waals surface area contributed by atoms with Gasteiger partial charge in [0.1, 0.15) is 0 Å². The molecular weight excluding hydrogens is 402 g/mol. The topological polar surface area (TPSA) is 80.0 Å². The third-order valence-electron chi connectivity index (χ3n) is 6.59. The molecule has 6 rings (SSSR count). The third-order valence-corrected chi connectivity index (χ3v) is 6.59. The summed E-state index contributed by atoms with van der Waals surface area (Å²) >= 11 is 0. The second kappa shape index (κ2) is 7.40. The number of hydrogen-bond acceptors (Lipinski definition) is 6. The van der Waals surface area contributed by atoms with Crippen molar-refractivity contribution in [3.05, 3.63) is 72.2 Å². The standard InChI is InChI=1S/C24H23N7O/c1-16-6-7-21(31-26-9-10-27-31)19(12-16)23(32)29-11-8-18-14-30(22(18)15-29)24-25-13-17-4-2-3-5-20(17)28-24/h2-7,9-10,12-13,18,22H,8,11,14-15H2,1H3/t18-,22+/m0/s1. The Morgan fingerprint density at radius 1 is 1.06 bits per heavy atom. The van der Waals surface area contributed by atoms with Gasteiger partial charge in [-0.15, -0.1) is 0 Å². The number of fused-ring (bicyclic) bond motifs is 2. The molecule has 32 heavy (non-hydrogen) atoms. The molecule has 2 aliphatic heterocycles. The molecule has 2 aromatic heterocycles. The van der Waals surface area contributed by atoms with Crippen LogP contribution in [0.4, 0.5) is 5.95 Å². The highest BCUT2D eigenvalue weighted by Gasteiger charge is 2.45. The summed E-state index contributed by atoms with van der Waals surface area (Å²) < 4.78 is 0. The van der Waals surface area contributed by atoms with E-state index >= 15 is 0 Å². The van der Waals surface area contributed by atoms with Crippen LogP contribution in [-0.2, 0) is 0 Å². The predicted octanol–water partition coefficient (Wildman–Crippen LogP) is 2.87. The van der Waals surface area contributed by atoms with Crippen molar-refractivity contribution < 1.29 is 4.79 Å². The Balaban J connectivity index is 1.26. The number of benzene rings is 2. The summed E-state index contributed by atoms with van der Waals surface area (Å²) in [5.74, 6) is 1.33. The SMILES string of the molecule is Cc1ccc(-n2nccn2)c(C(=O)N2CC[C@H]3CN(c4ncc5ccccc5n4)[C@@H]3C2)c1. The minimum atomic E-state index is 0.0192. The lowest BCUT2D eigenvalue weighted by molar-refractivity contribution is 0.0589. The van der Waals surface area contributed by atoms with Crippen molar-refractivity contribution in [2.75, 3.05) is 24.5 Å². The molecule has 4 aromatic rings. The van der Waals surface area contributed by atoms with Crippen LogP contribution in [0.25, 0.3) is 16.6 Å². The summed E-state index contributed by atoms with van der Waals surface area (Å²) in [5, 5.41) is 9.49. The first-order chi connectivity index (χ1) is 15.7. The molecule has 160 valence electrons. The van der Waals surface area contributed by atoms with Crippen molar-refractivity contribution in [3.8, 4) is 5.69 Å². The molecule has 1 amide bonds. The van der Waals surface area contributed by atoms with Gasteiger partial charge in [0.15, 0.2) is 0 Å². The number of anilines is 1. The summed E-state index contributed by atoms with van der Waals surface area (Å²) in [6, 6.07) is 14.1. The first-order valence-corrected chi connectivity index (χ1v) is 10.9. The van der Waals surface area contributed by atoms with Gasteiger partial charge in [0.05, 0.1) is 35.2 Å². The first-order valence-electron chi connectivity index (χ1n) is 10.9. The van der Waals surface area contributed by atoms with Crippen molar-refractivity contribution in [2.45, 2.75) is 19.4 Å².